The van der Waals surface area contributed by atoms with E-state index in [2.05, 4.69) is 0 Å². The fourth-order valence-corrected chi connectivity index (χ4v) is 1.84. The number of Topliss-reactive ketones (excluding diaryl/α,β-unsaturated/α-hetero) is 1. The molecule has 1 aromatic carbocycles. The van der Waals surface area contributed by atoms with Crippen LogP contribution in [0.5, 0.6) is 0 Å². The van der Waals surface area contributed by atoms with E-state index >= 15 is 0 Å². The minimum atomic E-state index is -1.57. The van der Waals surface area contributed by atoms with E-state index in [0.717, 1.165) is 5.56 Å². The maximum atomic E-state index is 11.2. The molecule has 0 radical (unpaired) electrons. The summed E-state index contributed by atoms with van der Waals surface area (Å²) in [5, 5.41) is 18.4. The van der Waals surface area contributed by atoms with Crippen molar-refractivity contribution in [2.45, 2.75) is 32.8 Å². The Morgan fingerprint density at radius 1 is 1.35 bits per heavy atom. The van der Waals surface area contributed by atoms with E-state index in [1.807, 2.05) is 13.0 Å². The van der Waals surface area contributed by atoms with Crippen molar-refractivity contribution < 1.29 is 19.8 Å². The molecule has 1 aromatic rings. The van der Waals surface area contributed by atoms with E-state index in [1.165, 1.54) is 6.92 Å². The van der Waals surface area contributed by atoms with E-state index < -0.39 is 12.1 Å². The van der Waals surface area contributed by atoms with Crippen molar-refractivity contribution in [1.82, 2.24) is 0 Å². The molecule has 0 heterocycles. The predicted octanol–water partition coefficient (Wildman–Crippen LogP) is 1.50. The Morgan fingerprint density at radius 2 is 2.00 bits per heavy atom. The van der Waals surface area contributed by atoms with Gasteiger partial charge in [-0.1, -0.05) is 25.1 Å². The monoisotopic (exact) mass is 236 g/mol. The van der Waals surface area contributed by atoms with E-state index in [-0.39, 0.29) is 12.2 Å². The van der Waals surface area contributed by atoms with Crippen LogP contribution in [0.25, 0.3) is 0 Å². The first-order chi connectivity index (χ1) is 7.97. The van der Waals surface area contributed by atoms with Crippen molar-refractivity contribution in [2.75, 3.05) is 0 Å². The highest BCUT2D eigenvalue weighted by atomic mass is 16.4. The van der Waals surface area contributed by atoms with E-state index in [9.17, 15) is 14.7 Å². The zero-order chi connectivity index (χ0) is 13.0. The van der Waals surface area contributed by atoms with Crippen LogP contribution >= 0.6 is 0 Å². The summed E-state index contributed by atoms with van der Waals surface area (Å²) in [5.41, 5.74) is 1.85. The van der Waals surface area contributed by atoms with Crippen molar-refractivity contribution in [2.24, 2.45) is 0 Å². The Labute approximate surface area is 99.9 Å². The number of aliphatic carboxylic acids is 1. The fourth-order valence-electron chi connectivity index (χ4n) is 1.84. The first-order valence-corrected chi connectivity index (χ1v) is 5.48. The molecule has 0 fully saturated rings. The van der Waals surface area contributed by atoms with Crippen LogP contribution in [-0.2, 0) is 22.4 Å². The molecule has 92 valence electrons. The molecule has 1 rings (SSSR count). The summed E-state index contributed by atoms with van der Waals surface area (Å²) in [6, 6.07) is 5.09. The van der Waals surface area contributed by atoms with E-state index in [0.29, 0.717) is 17.5 Å². The molecule has 0 aromatic heterocycles. The van der Waals surface area contributed by atoms with E-state index in [4.69, 9.17) is 5.11 Å². The van der Waals surface area contributed by atoms with Gasteiger partial charge in [0.2, 0.25) is 0 Å². The Hall–Kier alpha value is -1.68. The van der Waals surface area contributed by atoms with Crippen LogP contribution in [0, 0.1) is 0 Å². The fraction of sp³-hybridized carbons (Fsp3) is 0.385. The van der Waals surface area contributed by atoms with Crippen LogP contribution in [0.4, 0.5) is 0 Å². The lowest BCUT2D eigenvalue weighted by molar-refractivity contribution is -0.147. The van der Waals surface area contributed by atoms with Crippen LogP contribution in [-0.4, -0.2) is 22.0 Å². The molecule has 1 atom stereocenters. The topological polar surface area (TPSA) is 74.6 Å². The van der Waals surface area contributed by atoms with Gasteiger partial charge in [-0.15, -0.1) is 0 Å². The average molecular weight is 236 g/mol. The highest BCUT2D eigenvalue weighted by Gasteiger charge is 2.21. The van der Waals surface area contributed by atoms with Gasteiger partial charge in [-0.2, -0.15) is 0 Å². The number of carboxylic acid groups (broad SMARTS) is 1. The summed E-state index contributed by atoms with van der Waals surface area (Å²) in [5.74, 6) is -1.35. The predicted molar refractivity (Wildman–Crippen MR) is 62.8 cm³/mol. The molecule has 2 N–H and O–H groups in total. The molecule has 0 saturated carbocycles. The smallest absolute Gasteiger partial charge is 0.337 e. The number of benzene rings is 1. The molecule has 0 spiro atoms. The van der Waals surface area contributed by atoms with Gasteiger partial charge >= 0.3 is 5.97 Å². The molecule has 0 bridgehead atoms. The van der Waals surface area contributed by atoms with Crippen molar-refractivity contribution in [3.8, 4) is 0 Å². The number of aryl methyl sites for hydroxylation is 1. The Morgan fingerprint density at radius 3 is 2.47 bits per heavy atom. The van der Waals surface area contributed by atoms with Gasteiger partial charge in [0, 0.05) is 6.42 Å². The highest BCUT2D eigenvalue weighted by Crippen LogP contribution is 2.23. The van der Waals surface area contributed by atoms with Gasteiger partial charge < -0.3 is 10.2 Å². The highest BCUT2D eigenvalue weighted by molar-refractivity contribution is 5.81. The summed E-state index contributed by atoms with van der Waals surface area (Å²) in [6.45, 7) is 3.37. The van der Waals surface area contributed by atoms with Crippen LogP contribution in [0.15, 0.2) is 18.2 Å². The van der Waals surface area contributed by atoms with Crippen LogP contribution in [0.2, 0.25) is 0 Å². The van der Waals surface area contributed by atoms with Crippen molar-refractivity contribution in [3.05, 3.63) is 34.9 Å². The first kappa shape index (κ1) is 13.4. The number of carbonyl (C=O) groups is 2. The van der Waals surface area contributed by atoms with Gasteiger partial charge in [-0.25, -0.2) is 4.79 Å². The van der Waals surface area contributed by atoms with Crippen molar-refractivity contribution >= 4 is 11.8 Å². The summed E-state index contributed by atoms with van der Waals surface area (Å²) < 4.78 is 0. The second-order valence-electron chi connectivity index (χ2n) is 3.96. The summed E-state index contributed by atoms with van der Waals surface area (Å²) in [6.07, 6.45) is -0.720. The second kappa shape index (κ2) is 5.59. The summed E-state index contributed by atoms with van der Waals surface area (Å²) >= 11 is 0. The maximum absolute atomic E-state index is 11.2. The number of hydrogen-bond acceptors (Lipinski definition) is 3. The molecule has 0 aliphatic heterocycles. The van der Waals surface area contributed by atoms with Gasteiger partial charge in [0.15, 0.2) is 6.10 Å². The lowest BCUT2D eigenvalue weighted by atomic mass is 9.92. The van der Waals surface area contributed by atoms with Crippen molar-refractivity contribution in [1.29, 1.82) is 0 Å². The second-order valence-corrected chi connectivity index (χ2v) is 3.96. The number of aliphatic hydroxyl groups excluding tert-OH is 1. The normalized spacial score (nSPS) is 12.2. The zero-order valence-electron chi connectivity index (χ0n) is 9.93. The number of rotatable bonds is 5. The Balaban J connectivity index is 3.28. The number of aliphatic hydroxyl groups is 1. The van der Waals surface area contributed by atoms with Crippen LogP contribution in [0.1, 0.15) is 36.6 Å². The van der Waals surface area contributed by atoms with Gasteiger partial charge in [-0.3, -0.25) is 4.79 Å². The number of ketones is 1. The average Bonchev–Trinajstić information content (AvgIpc) is 2.27. The maximum Gasteiger partial charge on any atom is 0.337 e. The number of carboxylic acids is 1. The lowest BCUT2D eigenvalue weighted by Gasteiger charge is -2.15. The molecule has 0 amide bonds. The molecule has 0 saturated heterocycles. The zero-order valence-corrected chi connectivity index (χ0v) is 9.93. The molecule has 0 aliphatic carbocycles. The van der Waals surface area contributed by atoms with E-state index in [1.54, 1.807) is 12.1 Å². The molecule has 0 aliphatic rings. The van der Waals surface area contributed by atoms with Gasteiger partial charge in [0.25, 0.3) is 0 Å². The third-order valence-corrected chi connectivity index (χ3v) is 2.64. The van der Waals surface area contributed by atoms with Gasteiger partial charge in [-0.05, 0) is 30.0 Å². The van der Waals surface area contributed by atoms with Crippen molar-refractivity contribution in [3.63, 3.8) is 0 Å². The van der Waals surface area contributed by atoms with Gasteiger partial charge in [0.1, 0.15) is 5.78 Å². The minimum absolute atomic E-state index is 0.0512. The third kappa shape index (κ3) is 3.14. The Kier molecular flexibility index (Phi) is 4.40. The largest absolute Gasteiger partial charge is 0.479 e. The third-order valence-electron chi connectivity index (χ3n) is 2.64. The number of carbonyl (C=O) groups excluding carboxylic acids is 1. The summed E-state index contributed by atoms with van der Waals surface area (Å²) in [4.78, 5) is 22.0. The molecule has 4 heteroatoms. The first-order valence-electron chi connectivity index (χ1n) is 5.48. The van der Waals surface area contributed by atoms with Gasteiger partial charge in [0.05, 0.1) is 0 Å². The minimum Gasteiger partial charge on any atom is -0.479 e. The Bertz CT molecular complexity index is 437. The lowest BCUT2D eigenvalue weighted by Crippen LogP contribution is -2.15. The molecule has 1 unspecified atom stereocenters. The number of hydrogen-bond donors (Lipinski definition) is 2. The van der Waals surface area contributed by atoms with Crippen LogP contribution in [0.3, 0.4) is 0 Å². The molecular formula is C13H16O4. The molecule has 17 heavy (non-hydrogen) atoms. The standard InChI is InChI=1S/C13H16O4/c1-3-9-5-4-6-10(12(15)13(16)17)11(9)7-8(2)14/h4-6,12,15H,3,7H2,1-2H3,(H,16,17). The SMILES string of the molecule is CCc1cccc(C(O)C(=O)O)c1CC(C)=O. The molecular weight excluding hydrogens is 220 g/mol. The molecule has 4 nitrogen and oxygen atoms in total. The summed E-state index contributed by atoms with van der Waals surface area (Å²) in [7, 11) is 0. The quantitative estimate of drug-likeness (QED) is 0.812. The van der Waals surface area contributed by atoms with Crippen LogP contribution < -0.4 is 0 Å².